The molecule has 1 unspecified atom stereocenters. The van der Waals surface area contributed by atoms with Crippen LogP contribution in [-0.4, -0.2) is 37.0 Å². The molecule has 0 aromatic carbocycles. The first-order chi connectivity index (χ1) is 9.56. The van der Waals surface area contributed by atoms with Gasteiger partial charge in [0, 0.05) is 12.4 Å². The molecule has 1 amide bonds. The van der Waals surface area contributed by atoms with Gasteiger partial charge in [-0.25, -0.2) is 9.48 Å². The predicted octanol–water partition coefficient (Wildman–Crippen LogP) is 0.249. The highest BCUT2D eigenvalue weighted by Crippen LogP contribution is 2.09. The molecular weight excluding hydrogens is 262 g/mol. The second kappa shape index (κ2) is 5.91. The number of carbonyl (C=O) groups excluding carboxylic acids is 1. The summed E-state index contributed by atoms with van der Waals surface area (Å²) in [5.74, 6) is -1.46. The van der Waals surface area contributed by atoms with Gasteiger partial charge >= 0.3 is 5.97 Å². The highest BCUT2D eigenvalue weighted by Gasteiger charge is 2.13. The van der Waals surface area contributed by atoms with Crippen molar-refractivity contribution in [3.05, 3.63) is 42.0 Å². The zero-order valence-electron chi connectivity index (χ0n) is 10.7. The molecule has 104 valence electrons. The summed E-state index contributed by atoms with van der Waals surface area (Å²) in [4.78, 5) is 26.4. The van der Waals surface area contributed by atoms with Crippen LogP contribution in [0.5, 0.6) is 0 Å². The average Bonchev–Trinajstić information content (AvgIpc) is 2.88. The first-order valence-corrected chi connectivity index (χ1v) is 5.89. The fourth-order valence-electron chi connectivity index (χ4n) is 1.64. The maximum absolute atomic E-state index is 11.8. The van der Waals surface area contributed by atoms with Crippen LogP contribution < -0.4 is 5.32 Å². The Kier molecular flexibility index (Phi) is 4.04. The lowest BCUT2D eigenvalue weighted by Crippen LogP contribution is -2.30. The molecule has 2 aromatic heterocycles. The number of carboxylic acids is 1. The SMILES string of the molecule is CC(NC(=O)Cn1cc(C(=O)O)nn1)c1ccncc1. The Labute approximate surface area is 114 Å². The molecule has 0 saturated carbocycles. The van der Waals surface area contributed by atoms with E-state index >= 15 is 0 Å². The lowest BCUT2D eigenvalue weighted by atomic mass is 10.1. The Morgan fingerprint density at radius 3 is 2.70 bits per heavy atom. The summed E-state index contributed by atoms with van der Waals surface area (Å²) in [5.41, 5.74) is 0.734. The minimum atomic E-state index is -1.18. The third-order valence-corrected chi connectivity index (χ3v) is 2.65. The molecule has 0 aliphatic rings. The van der Waals surface area contributed by atoms with Crippen molar-refractivity contribution in [3.8, 4) is 0 Å². The Bertz CT molecular complexity index is 611. The molecule has 0 fully saturated rings. The van der Waals surface area contributed by atoms with Gasteiger partial charge in [-0.2, -0.15) is 0 Å². The Hall–Kier alpha value is -2.77. The quantitative estimate of drug-likeness (QED) is 0.809. The number of hydrogen-bond donors (Lipinski definition) is 2. The van der Waals surface area contributed by atoms with Crippen LogP contribution in [0.25, 0.3) is 0 Å². The van der Waals surface area contributed by atoms with E-state index in [0.29, 0.717) is 0 Å². The average molecular weight is 275 g/mol. The summed E-state index contributed by atoms with van der Waals surface area (Å²) < 4.78 is 1.18. The molecule has 8 heteroatoms. The van der Waals surface area contributed by atoms with E-state index in [1.807, 2.05) is 19.1 Å². The predicted molar refractivity (Wildman–Crippen MR) is 67.8 cm³/mol. The van der Waals surface area contributed by atoms with Gasteiger partial charge in [-0.1, -0.05) is 5.21 Å². The molecule has 2 heterocycles. The van der Waals surface area contributed by atoms with Crippen LogP contribution in [0, 0.1) is 0 Å². The first kappa shape index (κ1) is 13.7. The molecule has 1 atom stereocenters. The molecule has 0 bridgehead atoms. The first-order valence-electron chi connectivity index (χ1n) is 5.89. The van der Waals surface area contributed by atoms with E-state index in [2.05, 4.69) is 20.6 Å². The van der Waals surface area contributed by atoms with Gasteiger partial charge in [-0.05, 0) is 24.6 Å². The van der Waals surface area contributed by atoms with E-state index in [1.165, 1.54) is 10.9 Å². The van der Waals surface area contributed by atoms with Gasteiger partial charge in [0.15, 0.2) is 5.69 Å². The molecule has 0 saturated heterocycles. The van der Waals surface area contributed by atoms with Crippen molar-refractivity contribution in [1.82, 2.24) is 25.3 Å². The molecular formula is C12H13N5O3. The van der Waals surface area contributed by atoms with Gasteiger partial charge in [0.05, 0.1) is 12.2 Å². The fraction of sp³-hybridized carbons (Fsp3) is 0.250. The topological polar surface area (TPSA) is 110 Å². The van der Waals surface area contributed by atoms with Crippen LogP contribution >= 0.6 is 0 Å². The molecule has 2 rings (SSSR count). The summed E-state index contributed by atoms with van der Waals surface area (Å²) >= 11 is 0. The highest BCUT2D eigenvalue weighted by atomic mass is 16.4. The number of hydrogen-bond acceptors (Lipinski definition) is 5. The van der Waals surface area contributed by atoms with Crippen LogP contribution in [0.4, 0.5) is 0 Å². The van der Waals surface area contributed by atoms with E-state index in [9.17, 15) is 9.59 Å². The molecule has 20 heavy (non-hydrogen) atoms. The number of rotatable bonds is 5. The van der Waals surface area contributed by atoms with Gasteiger partial charge < -0.3 is 10.4 Å². The Morgan fingerprint density at radius 1 is 1.40 bits per heavy atom. The van der Waals surface area contributed by atoms with E-state index in [0.717, 1.165) is 5.56 Å². The van der Waals surface area contributed by atoms with Crippen molar-refractivity contribution in [2.45, 2.75) is 19.5 Å². The maximum atomic E-state index is 11.8. The minimum absolute atomic E-state index is 0.0876. The van der Waals surface area contributed by atoms with Crippen molar-refractivity contribution in [1.29, 1.82) is 0 Å². The monoisotopic (exact) mass is 275 g/mol. The lowest BCUT2D eigenvalue weighted by Gasteiger charge is -2.13. The highest BCUT2D eigenvalue weighted by molar-refractivity contribution is 5.84. The van der Waals surface area contributed by atoms with Gasteiger partial charge in [-0.3, -0.25) is 9.78 Å². The molecule has 8 nitrogen and oxygen atoms in total. The molecule has 2 N–H and O–H groups in total. The summed E-state index contributed by atoms with van der Waals surface area (Å²) in [6.45, 7) is 1.76. The lowest BCUT2D eigenvalue weighted by molar-refractivity contribution is -0.122. The van der Waals surface area contributed by atoms with E-state index in [1.54, 1.807) is 12.4 Å². The number of pyridine rings is 1. The van der Waals surface area contributed by atoms with Crippen LogP contribution in [0.15, 0.2) is 30.7 Å². The van der Waals surface area contributed by atoms with Crippen molar-refractivity contribution in [2.75, 3.05) is 0 Å². The zero-order chi connectivity index (χ0) is 14.5. The second-order valence-electron chi connectivity index (χ2n) is 4.18. The number of nitrogens with one attached hydrogen (secondary N) is 1. The summed E-state index contributed by atoms with van der Waals surface area (Å²) in [7, 11) is 0. The smallest absolute Gasteiger partial charge is 0.358 e. The van der Waals surface area contributed by atoms with Crippen LogP contribution in [0.3, 0.4) is 0 Å². The number of aromatic carboxylic acids is 1. The number of nitrogens with zero attached hydrogens (tertiary/aromatic N) is 4. The number of carboxylic acid groups (broad SMARTS) is 1. The fourth-order valence-corrected chi connectivity index (χ4v) is 1.64. The van der Waals surface area contributed by atoms with Crippen molar-refractivity contribution >= 4 is 11.9 Å². The summed E-state index contributed by atoms with van der Waals surface area (Å²) in [5, 5.41) is 18.5. The molecule has 2 aromatic rings. The zero-order valence-corrected chi connectivity index (χ0v) is 10.7. The molecule has 0 radical (unpaired) electrons. The van der Waals surface area contributed by atoms with Gasteiger partial charge in [0.1, 0.15) is 6.54 Å². The summed E-state index contributed by atoms with van der Waals surface area (Å²) in [6.07, 6.45) is 4.50. The standard InChI is InChI=1S/C12H13N5O3/c1-8(9-2-4-13-5-3-9)14-11(18)7-17-6-10(12(19)20)15-16-17/h2-6,8H,7H2,1H3,(H,14,18)(H,19,20). The Morgan fingerprint density at radius 2 is 2.10 bits per heavy atom. The van der Waals surface area contributed by atoms with Crippen molar-refractivity contribution in [2.24, 2.45) is 0 Å². The third-order valence-electron chi connectivity index (χ3n) is 2.65. The normalized spacial score (nSPS) is 11.8. The number of aromatic nitrogens is 4. The van der Waals surface area contributed by atoms with Crippen molar-refractivity contribution < 1.29 is 14.7 Å². The van der Waals surface area contributed by atoms with E-state index in [-0.39, 0.29) is 24.2 Å². The second-order valence-corrected chi connectivity index (χ2v) is 4.18. The van der Waals surface area contributed by atoms with Crippen LogP contribution in [0.1, 0.15) is 29.0 Å². The number of amides is 1. The molecule has 0 aliphatic heterocycles. The minimum Gasteiger partial charge on any atom is -0.476 e. The molecule has 0 aliphatic carbocycles. The van der Waals surface area contributed by atoms with Crippen molar-refractivity contribution in [3.63, 3.8) is 0 Å². The summed E-state index contributed by atoms with van der Waals surface area (Å²) in [6, 6.07) is 3.44. The maximum Gasteiger partial charge on any atom is 0.358 e. The van der Waals surface area contributed by atoms with E-state index in [4.69, 9.17) is 5.11 Å². The van der Waals surface area contributed by atoms with Gasteiger partial charge in [0.25, 0.3) is 0 Å². The van der Waals surface area contributed by atoms with Gasteiger partial charge in [-0.15, -0.1) is 5.10 Å². The Balaban J connectivity index is 1.93. The third kappa shape index (κ3) is 3.37. The van der Waals surface area contributed by atoms with Gasteiger partial charge in [0.2, 0.25) is 5.91 Å². The largest absolute Gasteiger partial charge is 0.476 e. The number of carbonyl (C=O) groups is 2. The molecule has 0 spiro atoms. The van der Waals surface area contributed by atoms with Crippen LogP contribution in [0.2, 0.25) is 0 Å². The van der Waals surface area contributed by atoms with Crippen LogP contribution in [-0.2, 0) is 11.3 Å². The van der Waals surface area contributed by atoms with E-state index < -0.39 is 5.97 Å².